The van der Waals surface area contributed by atoms with E-state index in [1.54, 1.807) is 6.07 Å². The van der Waals surface area contributed by atoms with Crippen LogP contribution in [0.2, 0.25) is 0 Å². The van der Waals surface area contributed by atoms with Gasteiger partial charge in [0, 0.05) is 24.7 Å². The van der Waals surface area contributed by atoms with Crippen LogP contribution in [0.1, 0.15) is 12.8 Å². The van der Waals surface area contributed by atoms with E-state index in [4.69, 9.17) is 0 Å². The maximum absolute atomic E-state index is 12.9. The van der Waals surface area contributed by atoms with Gasteiger partial charge < -0.3 is 10.2 Å². The Bertz CT molecular complexity index is 1180. The van der Waals surface area contributed by atoms with Crippen molar-refractivity contribution in [3.63, 3.8) is 0 Å². The number of nitrogens with zero attached hydrogens (tertiary/aromatic N) is 8. The van der Waals surface area contributed by atoms with Gasteiger partial charge in [-0.2, -0.15) is 5.10 Å². The molecule has 1 unspecified atom stereocenters. The van der Waals surface area contributed by atoms with Crippen LogP contribution in [-0.4, -0.2) is 53.9 Å². The van der Waals surface area contributed by atoms with Gasteiger partial charge in [0.05, 0.1) is 11.6 Å². The smallest absolute Gasteiger partial charge is 0.230 e. The maximum atomic E-state index is 12.9. The van der Waals surface area contributed by atoms with Crippen LogP contribution in [0.25, 0.3) is 17.1 Å². The lowest BCUT2D eigenvalue weighted by molar-refractivity contribution is -0.120. The Morgan fingerprint density at radius 2 is 1.91 bits per heavy atom. The molecule has 32 heavy (non-hydrogen) atoms. The van der Waals surface area contributed by atoms with Gasteiger partial charge in [-0.25, -0.2) is 19.6 Å². The van der Waals surface area contributed by atoms with Crippen LogP contribution in [0.5, 0.6) is 0 Å². The number of carbonyl (C=O) groups excluding carboxylic acids is 1. The number of hydrogen-bond donors (Lipinski definition) is 1. The highest BCUT2D eigenvalue weighted by molar-refractivity contribution is 5.92. The molecule has 0 aliphatic carbocycles. The van der Waals surface area contributed by atoms with Crippen molar-refractivity contribution >= 4 is 17.5 Å². The summed E-state index contributed by atoms with van der Waals surface area (Å²) in [5.41, 5.74) is 1.85. The van der Waals surface area contributed by atoms with Crippen molar-refractivity contribution in [1.82, 2.24) is 34.9 Å². The summed E-state index contributed by atoms with van der Waals surface area (Å²) in [5.74, 6) is 1.49. The lowest BCUT2D eigenvalue weighted by atomic mass is 9.97. The third-order valence-electron chi connectivity index (χ3n) is 5.39. The fraction of sp³-hybridized carbons (Fsp3) is 0.227. The molecule has 0 spiro atoms. The minimum absolute atomic E-state index is 0.0770. The molecule has 3 aromatic heterocycles. The van der Waals surface area contributed by atoms with Gasteiger partial charge in [0.25, 0.3) is 0 Å². The lowest BCUT2D eigenvalue weighted by Crippen LogP contribution is -2.41. The molecular weight excluding hydrogens is 406 g/mol. The van der Waals surface area contributed by atoms with E-state index in [1.807, 2.05) is 42.5 Å². The number of nitrogens with one attached hydrogen (secondary N) is 1. The molecule has 10 heteroatoms. The first-order valence-corrected chi connectivity index (χ1v) is 10.4. The zero-order chi connectivity index (χ0) is 21.8. The Kier molecular flexibility index (Phi) is 5.48. The molecule has 1 aromatic carbocycles. The quantitative estimate of drug-likeness (QED) is 0.516. The predicted molar refractivity (Wildman–Crippen MR) is 118 cm³/mol. The van der Waals surface area contributed by atoms with Gasteiger partial charge in [-0.15, -0.1) is 10.2 Å². The van der Waals surface area contributed by atoms with Crippen molar-refractivity contribution < 1.29 is 4.79 Å². The lowest BCUT2D eigenvalue weighted by Gasteiger charge is -2.32. The molecule has 5 rings (SSSR count). The second-order valence-electron chi connectivity index (χ2n) is 7.52. The molecule has 4 heterocycles. The fourth-order valence-corrected chi connectivity index (χ4v) is 3.75. The molecule has 1 saturated heterocycles. The van der Waals surface area contributed by atoms with Gasteiger partial charge >= 0.3 is 0 Å². The van der Waals surface area contributed by atoms with Crippen molar-refractivity contribution in [2.75, 3.05) is 23.3 Å². The highest BCUT2D eigenvalue weighted by Crippen LogP contribution is 2.24. The summed E-state index contributed by atoms with van der Waals surface area (Å²) in [6, 6.07) is 15.5. The van der Waals surface area contributed by atoms with E-state index in [0.29, 0.717) is 18.2 Å². The van der Waals surface area contributed by atoms with Crippen molar-refractivity contribution in [3.05, 3.63) is 67.5 Å². The average Bonchev–Trinajstić information content (AvgIpc) is 3.40. The molecule has 1 amide bonds. The van der Waals surface area contributed by atoms with Gasteiger partial charge in [-0.1, -0.05) is 30.3 Å². The minimum atomic E-state index is -0.177. The summed E-state index contributed by atoms with van der Waals surface area (Å²) >= 11 is 0. The zero-order valence-electron chi connectivity index (χ0n) is 17.2. The summed E-state index contributed by atoms with van der Waals surface area (Å²) in [7, 11) is 0. The summed E-state index contributed by atoms with van der Waals surface area (Å²) in [6.07, 6.45) is 6.06. The SMILES string of the molecule is O=C(Nc1cc(-n2cncn2)ncn1)C1CCCN(c2ccc(-c3ccccc3)nn2)C1. The largest absolute Gasteiger partial charge is 0.354 e. The standard InChI is InChI=1S/C22H21N9O/c32-22(27-19-11-21(25-14-24-19)31-15-23-13-26-31)17-7-4-10-30(12-17)20-9-8-18(28-29-20)16-5-2-1-3-6-16/h1-3,5-6,8-9,11,13-15,17H,4,7,10,12H2,(H,24,25,27,32). The number of aromatic nitrogens is 7. The Labute approximate surface area is 184 Å². The number of carbonyl (C=O) groups is 1. The highest BCUT2D eigenvalue weighted by Gasteiger charge is 2.27. The molecule has 160 valence electrons. The second-order valence-corrected chi connectivity index (χ2v) is 7.52. The van der Waals surface area contributed by atoms with Crippen LogP contribution in [0.15, 0.2) is 67.5 Å². The first-order chi connectivity index (χ1) is 15.8. The van der Waals surface area contributed by atoms with Crippen molar-refractivity contribution in [2.24, 2.45) is 5.92 Å². The number of anilines is 2. The molecule has 10 nitrogen and oxygen atoms in total. The molecule has 4 aromatic rings. The number of piperidine rings is 1. The van der Waals surface area contributed by atoms with E-state index in [9.17, 15) is 4.79 Å². The number of rotatable bonds is 5. The number of amides is 1. The van der Waals surface area contributed by atoms with Crippen LogP contribution in [0.4, 0.5) is 11.6 Å². The molecule has 0 saturated carbocycles. The van der Waals surface area contributed by atoms with Gasteiger partial charge in [-0.3, -0.25) is 4.79 Å². The van der Waals surface area contributed by atoms with Crippen LogP contribution >= 0.6 is 0 Å². The Balaban J connectivity index is 1.25. The van der Waals surface area contributed by atoms with E-state index in [2.05, 4.69) is 40.5 Å². The average molecular weight is 427 g/mol. The van der Waals surface area contributed by atoms with Crippen LogP contribution in [-0.2, 0) is 4.79 Å². The van der Waals surface area contributed by atoms with Crippen molar-refractivity contribution in [1.29, 1.82) is 0 Å². The monoisotopic (exact) mass is 427 g/mol. The molecule has 1 aliphatic heterocycles. The molecule has 1 aliphatic rings. The Hall–Kier alpha value is -4.21. The molecule has 1 atom stereocenters. The maximum Gasteiger partial charge on any atom is 0.230 e. The second kappa shape index (κ2) is 8.88. The summed E-state index contributed by atoms with van der Waals surface area (Å²) in [6.45, 7) is 1.42. The van der Waals surface area contributed by atoms with Gasteiger partial charge in [0.2, 0.25) is 5.91 Å². The van der Waals surface area contributed by atoms with Gasteiger partial charge in [-0.05, 0) is 25.0 Å². The van der Waals surface area contributed by atoms with Gasteiger partial charge in [0.1, 0.15) is 24.8 Å². The third-order valence-corrected chi connectivity index (χ3v) is 5.39. The van der Waals surface area contributed by atoms with E-state index < -0.39 is 0 Å². The van der Waals surface area contributed by atoms with E-state index in [-0.39, 0.29) is 11.8 Å². The van der Waals surface area contributed by atoms with Crippen molar-refractivity contribution in [3.8, 4) is 17.1 Å². The third kappa shape index (κ3) is 4.29. The fourth-order valence-electron chi connectivity index (χ4n) is 3.75. The summed E-state index contributed by atoms with van der Waals surface area (Å²) < 4.78 is 1.51. The zero-order valence-corrected chi connectivity index (χ0v) is 17.2. The Morgan fingerprint density at radius 1 is 1.00 bits per heavy atom. The first-order valence-electron chi connectivity index (χ1n) is 10.4. The topological polar surface area (TPSA) is 115 Å². The molecule has 0 radical (unpaired) electrons. The van der Waals surface area contributed by atoms with E-state index >= 15 is 0 Å². The Morgan fingerprint density at radius 3 is 2.69 bits per heavy atom. The molecular formula is C22H21N9O. The minimum Gasteiger partial charge on any atom is -0.354 e. The number of hydrogen-bond acceptors (Lipinski definition) is 8. The predicted octanol–water partition coefficient (Wildman–Crippen LogP) is 2.37. The molecule has 1 N–H and O–H groups in total. The van der Waals surface area contributed by atoms with Crippen molar-refractivity contribution in [2.45, 2.75) is 12.8 Å². The normalized spacial score (nSPS) is 16.0. The first kappa shape index (κ1) is 19.7. The van der Waals surface area contributed by atoms with Crippen LogP contribution in [0, 0.1) is 5.92 Å². The molecule has 0 bridgehead atoms. The van der Waals surface area contributed by atoms with Crippen LogP contribution in [0.3, 0.4) is 0 Å². The summed E-state index contributed by atoms with van der Waals surface area (Å²) in [5, 5.41) is 15.7. The van der Waals surface area contributed by atoms with E-state index in [1.165, 1.54) is 23.7 Å². The van der Waals surface area contributed by atoms with Gasteiger partial charge in [0.15, 0.2) is 11.6 Å². The highest BCUT2D eigenvalue weighted by atomic mass is 16.2. The van der Waals surface area contributed by atoms with Crippen LogP contribution < -0.4 is 10.2 Å². The summed E-state index contributed by atoms with van der Waals surface area (Å²) in [4.78, 5) is 27.2. The molecule has 1 fully saturated rings. The number of benzene rings is 1. The van der Waals surface area contributed by atoms with E-state index in [0.717, 1.165) is 36.5 Å².